The molecule has 2 heterocycles. The Morgan fingerprint density at radius 3 is 2.70 bits per heavy atom. The van der Waals surface area contributed by atoms with Gasteiger partial charge in [0, 0.05) is 4.88 Å². The molecule has 0 bridgehead atoms. The van der Waals surface area contributed by atoms with Gasteiger partial charge in [0.15, 0.2) is 5.16 Å². The van der Waals surface area contributed by atoms with Crippen LogP contribution in [-0.4, -0.2) is 27.4 Å². The Labute approximate surface area is 181 Å². The maximum atomic E-state index is 13.1. The molecule has 0 aliphatic rings. The lowest BCUT2D eigenvalue weighted by Gasteiger charge is -2.12. The molecule has 30 heavy (non-hydrogen) atoms. The number of carbonyl (C=O) groups excluding carboxylic acids is 1. The number of hydrazone groups is 1. The SMILES string of the molecule is Cc1ccsc1/C=N/NC(=O)CSc1nc2ccccc2c(=O)n1-c1ccccc1. The van der Waals surface area contributed by atoms with Crippen LogP contribution in [0.2, 0.25) is 0 Å². The summed E-state index contributed by atoms with van der Waals surface area (Å²) >= 11 is 2.76. The van der Waals surface area contributed by atoms with Crippen molar-refractivity contribution in [3.05, 3.63) is 86.8 Å². The van der Waals surface area contributed by atoms with E-state index in [0.29, 0.717) is 21.7 Å². The summed E-state index contributed by atoms with van der Waals surface area (Å²) < 4.78 is 1.54. The normalized spacial score (nSPS) is 11.2. The Morgan fingerprint density at radius 1 is 1.17 bits per heavy atom. The van der Waals surface area contributed by atoms with Crippen molar-refractivity contribution in [3.63, 3.8) is 0 Å². The second-order valence-electron chi connectivity index (χ2n) is 6.44. The van der Waals surface area contributed by atoms with Crippen LogP contribution in [0.5, 0.6) is 0 Å². The molecule has 0 saturated carbocycles. The first-order chi connectivity index (χ1) is 14.6. The van der Waals surface area contributed by atoms with Crippen LogP contribution in [0.4, 0.5) is 0 Å². The van der Waals surface area contributed by atoms with Crippen molar-refractivity contribution in [1.29, 1.82) is 0 Å². The summed E-state index contributed by atoms with van der Waals surface area (Å²) in [6.45, 7) is 1.99. The summed E-state index contributed by atoms with van der Waals surface area (Å²) in [5, 5.41) is 6.98. The standard InChI is InChI=1S/C22H18N4O2S2/c1-15-11-12-29-19(15)13-23-25-20(27)14-30-22-24-18-10-6-5-9-17(18)21(28)26(22)16-7-3-2-4-8-16/h2-13H,14H2,1H3,(H,25,27)/b23-13+. The molecule has 4 rings (SSSR count). The van der Waals surface area contributed by atoms with E-state index in [1.165, 1.54) is 11.8 Å². The second kappa shape index (κ2) is 9.06. The second-order valence-corrected chi connectivity index (χ2v) is 8.33. The molecule has 8 heteroatoms. The Morgan fingerprint density at radius 2 is 1.93 bits per heavy atom. The Balaban J connectivity index is 1.57. The molecule has 0 radical (unpaired) electrons. The van der Waals surface area contributed by atoms with Crippen LogP contribution in [0.15, 0.2) is 81.1 Å². The highest BCUT2D eigenvalue weighted by Crippen LogP contribution is 2.21. The van der Waals surface area contributed by atoms with E-state index in [1.54, 1.807) is 34.3 Å². The van der Waals surface area contributed by atoms with Crippen molar-refractivity contribution in [2.75, 3.05) is 5.75 Å². The number of nitrogens with one attached hydrogen (secondary N) is 1. The fourth-order valence-electron chi connectivity index (χ4n) is 2.86. The number of carbonyl (C=O) groups is 1. The molecular weight excluding hydrogens is 416 g/mol. The van der Waals surface area contributed by atoms with Crippen molar-refractivity contribution in [3.8, 4) is 5.69 Å². The highest BCUT2D eigenvalue weighted by Gasteiger charge is 2.14. The Kier molecular flexibility index (Phi) is 6.06. The van der Waals surface area contributed by atoms with Crippen LogP contribution >= 0.6 is 23.1 Å². The van der Waals surface area contributed by atoms with Crippen LogP contribution in [0.25, 0.3) is 16.6 Å². The van der Waals surface area contributed by atoms with Crippen LogP contribution < -0.4 is 11.0 Å². The third-order valence-corrected chi connectivity index (χ3v) is 6.26. The van der Waals surface area contributed by atoms with Gasteiger partial charge in [0.2, 0.25) is 0 Å². The summed E-state index contributed by atoms with van der Waals surface area (Å²) in [5.41, 5.74) is 4.78. The van der Waals surface area contributed by atoms with E-state index in [9.17, 15) is 9.59 Å². The molecule has 0 atom stereocenters. The van der Waals surface area contributed by atoms with Crippen molar-refractivity contribution in [2.45, 2.75) is 12.1 Å². The van der Waals surface area contributed by atoms with Gasteiger partial charge < -0.3 is 0 Å². The molecule has 150 valence electrons. The third kappa shape index (κ3) is 4.34. The molecule has 6 nitrogen and oxygen atoms in total. The number of amides is 1. The summed E-state index contributed by atoms with van der Waals surface area (Å²) in [4.78, 5) is 31.0. The molecule has 1 N–H and O–H groups in total. The Hall–Kier alpha value is -3.23. The zero-order chi connectivity index (χ0) is 20.9. The molecule has 0 fully saturated rings. The molecule has 0 saturated heterocycles. The molecule has 0 spiro atoms. The van der Waals surface area contributed by atoms with Gasteiger partial charge >= 0.3 is 0 Å². The number of thiophene rings is 1. The quantitative estimate of drug-likeness (QED) is 0.215. The number of fused-ring (bicyclic) bond motifs is 1. The minimum absolute atomic E-state index is 0.0817. The summed E-state index contributed by atoms with van der Waals surface area (Å²) in [5.74, 6) is -0.189. The minimum atomic E-state index is -0.271. The van der Waals surface area contributed by atoms with Gasteiger partial charge in [-0.05, 0) is 48.2 Å². The lowest BCUT2D eigenvalue weighted by Crippen LogP contribution is -2.24. The largest absolute Gasteiger partial charge is 0.272 e. The van der Waals surface area contributed by atoms with Gasteiger partial charge in [-0.15, -0.1) is 11.3 Å². The number of benzene rings is 2. The zero-order valence-corrected chi connectivity index (χ0v) is 17.7. The van der Waals surface area contributed by atoms with E-state index in [0.717, 1.165) is 10.4 Å². The first-order valence-corrected chi connectivity index (χ1v) is 11.1. The highest BCUT2D eigenvalue weighted by molar-refractivity contribution is 7.99. The maximum Gasteiger partial charge on any atom is 0.266 e. The minimum Gasteiger partial charge on any atom is -0.272 e. The van der Waals surface area contributed by atoms with Crippen molar-refractivity contribution >= 4 is 46.1 Å². The van der Waals surface area contributed by atoms with E-state index in [2.05, 4.69) is 15.5 Å². The summed E-state index contributed by atoms with van der Waals surface area (Å²) in [7, 11) is 0. The van der Waals surface area contributed by atoms with Gasteiger partial charge in [0.1, 0.15) is 0 Å². The van der Waals surface area contributed by atoms with Gasteiger partial charge in [-0.2, -0.15) is 5.10 Å². The molecule has 4 aromatic rings. The monoisotopic (exact) mass is 434 g/mol. The average Bonchev–Trinajstić information content (AvgIpc) is 3.17. The number of hydrogen-bond donors (Lipinski definition) is 1. The molecule has 2 aromatic heterocycles. The lowest BCUT2D eigenvalue weighted by molar-refractivity contribution is -0.118. The van der Waals surface area contributed by atoms with E-state index in [1.807, 2.05) is 60.8 Å². The number of nitrogens with zero attached hydrogens (tertiary/aromatic N) is 3. The topological polar surface area (TPSA) is 76.3 Å². The van der Waals surface area contributed by atoms with E-state index in [4.69, 9.17) is 0 Å². The number of aromatic nitrogens is 2. The Bertz CT molecular complexity index is 1280. The van der Waals surface area contributed by atoms with Crippen molar-refractivity contribution in [1.82, 2.24) is 15.0 Å². The number of rotatable bonds is 6. The van der Waals surface area contributed by atoms with Gasteiger partial charge in [-0.25, -0.2) is 10.4 Å². The van der Waals surface area contributed by atoms with Crippen molar-refractivity contribution < 1.29 is 4.79 Å². The molecular formula is C22H18N4O2S2. The summed E-state index contributed by atoms with van der Waals surface area (Å²) in [6, 6.07) is 18.5. The van der Waals surface area contributed by atoms with Crippen LogP contribution in [0.3, 0.4) is 0 Å². The smallest absolute Gasteiger partial charge is 0.266 e. The first-order valence-electron chi connectivity index (χ1n) is 9.19. The highest BCUT2D eigenvalue weighted by atomic mass is 32.2. The average molecular weight is 435 g/mol. The van der Waals surface area contributed by atoms with E-state index in [-0.39, 0.29) is 17.2 Å². The maximum absolute atomic E-state index is 13.1. The van der Waals surface area contributed by atoms with Crippen molar-refractivity contribution in [2.24, 2.45) is 5.10 Å². The number of para-hydroxylation sites is 2. The molecule has 0 aliphatic heterocycles. The van der Waals surface area contributed by atoms with Crippen LogP contribution in [0, 0.1) is 6.92 Å². The lowest BCUT2D eigenvalue weighted by atomic mass is 10.2. The number of thioether (sulfide) groups is 1. The molecule has 1 amide bonds. The third-order valence-electron chi connectivity index (χ3n) is 4.36. The summed E-state index contributed by atoms with van der Waals surface area (Å²) in [6.07, 6.45) is 1.64. The van der Waals surface area contributed by atoms with Gasteiger partial charge in [0.05, 0.1) is 28.6 Å². The van der Waals surface area contributed by atoms with Gasteiger partial charge in [0.25, 0.3) is 11.5 Å². The zero-order valence-electron chi connectivity index (χ0n) is 16.1. The molecule has 0 unspecified atom stereocenters. The number of aryl methyl sites for hydroxylation is 1. The molecule has 2 aromatic carbocycles. The van der Waals surface area contributed by atoms with Gasteiger partial charge in [-0.1, -0.05) is 42.1 Å². The van der Waals surface area contributed by atoms with Crippen LogP contribution in [0.1, 0.15) is 10.4 Å². The van der Waals surface area contributed by atoms with E-state index < -0.39 is 0 Å². The predicted molar refractivity (Wildman–Crippen MR) is 123 cm³/mol. The fraction of sp³-hybridized carbons (Fsp3) is 0.0909. The molecule has 0 aliphatic carbocycles. The fourth-order valence-corrected chi connectivity index (χ4v) is 4.45. The number of hydrogen-bond acceptors (Lipinski definition) is 6. The van der Waals surface area contributed by atoms with Gasteiger partial charge in [-0.3, -0.25) is 14.2 Å². The van der Waals surface area contributed by atoms with Crippen LogP contribution in [-0.2, 0) is 4.79 Å². The predicted octanol–water partition coefficient (Wildman–Crippen LogP) is 4.00. The van der Waals surface area contributed by atoms with E-state index >= 15 is 0 Å². The first kappa shape index (κ1) is 20.1.